The van der Waals surface area contributed by atoms with Crippen LogP contribution in [0.15, 0.2) is 24.3 Å². The number of benzene rings is 1. The Bertz CT molecular complexity index is 760. The first-order valence-corrected chi connectivity index (χ1v) is 11.8. The molecule has 1 aliphatic rings. The molecule has 0 atom stereocenters. The van der Waals surface area contributed by atoms with E-state index in [9.17, 15) is 18.0 Å². The van der Waals surface area contributed by atoms with Gasteiger partial charge in [-0.15, -0.1) is 0 Å². The predicted octanol–water partition coefficient (Wildman–Crippen LogP) is 1.71. The molecule has 0 aliphatic carbocycles. The fourth-order valence-electron chi connectivity index (χ4n) is 3.05. The number of unbranched alkanes of at least 4 members (excludes halogenated alkanes) is 2. The van der Waals surface area contributed by atoms with Crippen molar-refractivity contribution < 1.29 is 18.0 Å². The first kappa shape index (κ1) is 22.5. The number of piperazine rings is 1. The smallest absolute Gasteiger partial charge is 0.242 e. The lowest BCUT2D eigenvalue weighted by Gasteiger charge is -2.36. The van der Waals surface area contributed by atoms with E-state index < -0.39 is 21.5 Å². The third-order valence-electron chi connectivity index (χ3n) is 4.67. The average Bonchev–Trinajstić information content (AvgIpc) is 2.66. The Balaban J connectivity index is 1.72. The minimum Gasteiger partial charge on any atom is -0.368 e. The van der Waals surface area contributed by atoms with Crippen LogP contribution in [0.5, 0.6) is 0 Å². The van der Waals surface area contributed by atoms with Gasteiger partial charge in [0.1, 0.15) is 5.75 Å². The number of sulfone groups is 1. The molecule has 0 radical (unpaired) electrons. The van der Waals surface area contributed by atoms with Gasteiger partial charge in [-0.3, -0.25) is 9.59 Å². The zero-order valence-corrected chi connectivity index (χ0v) is 17.8. The maximum absolute atomic E-state index is 12.3. The van der Waals surface area contributed by atoms with E-state index in [4.69, 9.17) is 11.6 Å². The van der Waals surface area contributed by atoms with Crippen LogP contribution in [0.3, 0.4) is 0 Å². The van der Waals surface area contributed by atoms with E-state index in [0.29, 0.717) is 37.6 Å². The normalized spacial score (nSPS) is 14.8. The lowest BCUT2D eigenvalue weighted by Crippen LogP contribution is -2.51. The fraction of sp³-hybridized carbons (Fsp3) is 0.579. The predicted molar refractivity (Wildman–Crippen MR) is 111 cm³/mol. The van der Waals surface area contributed by atoms with E-state index in [0.717, 1.165) is 18.5 Å². The Morgan fingerprint density at radius 2 is 1.71 bits per heavy atom. The molecule has 1 N–H and O–H groups in total. The first-order valence-electron chi connectivity index (χ1n) is 9.56. The summed E-state index contributed by atoms with van der Waals surface area (Å²) < 4.78 is 23.8. The zero-order valence-electron chi connectivity index (χ0n) is 16.2. The highest BCUT2D eigenvalue weighted by atomic mass is 35.5. The Morgan fingerprint density at radius 3 is 2.32 bits per heavy atom. The monoisotopic (exact) mass is 429 g/mol. The van der Waals surface area contributed by atoms with Crippen LogP contribution in [-0.4, -0.2) is 69.4 Å². The largest absolute Gasteiger partial charge is 0.368 e. The molecular weight excluding hydrogens is 402 g/mol. The van der Waals surface area contributed by atoms with Gasteiger partial charge in [0.25, 0.3) is 0 Å². The molecule has 1 saturated heterocycles. The molecule has 1 fully saturated rings. The molecule has 2 amide bonds. The highest BCUT2D eigenvalue weighted by molar-refractivity contribution is 7.92. The second-order valence-corrected chi connectivity index (χ2v) is 9.54. The minimum absolute atomic E-state index is 0.00879. The number of carbonyl (C=O) groups is 2. The third kappa shape index (κ3) is 7.31. The van der Waals surface area contributed by atoms with Crippen LogP contribution in [0.25, 0.3) is 0 Å². The van der Waals surface area contributed by atoms with Gasteiger partial charge in [-0.1, -0.05) is 31.4 Å². The maximum Gasteiger partial charge on any atom is 0.242 e. The Labute approximate surface area is 171 Å². The highest BCUT2D eigenvalue weighted by Crippen LogP contribution is 2.19. The van der Waals surface area contributed by atoms with Gasteiger partial charge in [0.2, 0.25) is 11.8 Å². The van der Waals surface area contributed by atoms with Crippen molar-refractivity contribution in [3.8, 4) is 0 Å². The molecule has 0 saturated carbocycles. The van der Waals surface area contributed by atoms with Crippen molar-refractivity contribution in [2.75, 3.05) is 49.1 Å². The summed E-state index contributed by atoms with van der Waals surface area (Å²) >= 11 is 5.90. The van der Waals surface area contributed by atoms with Crippen molar-refractivity contribution in [1.29, 1.82) is 0 Å². The lowest BCUT2D eigenvalue weighted by molar-refractivity contribution is -0.132. The topological polar surface area (TPSA) is 86.8 Å². The number of nitrogens with zero attached hydrogens (tertiary/aromatic N) is 2. The number of hydrogen-bond acceptors (Lipinski definition) is 5. The van der Waals surface area contributed by atoms with Crippen LogP contribution in [0.2, 0.25) is 5.02 Å². The van der Waals surface area contributed by atoms with Crippen molar-refractivity contribution in [1.82, 2.24) is 10.2 Å². The molecule has 1 aromatic rings. The van der Waals surface area contributed by atoms with Crippen molar-refractivity contribution in [3.05, 3.63) is 29.3 Å². The van der Waals surface area contributed by atoms with Crippen molar-refractivity contribution in [2.45, 2.75) is 26.2 Å². The molecule has 156 valence electrons. The van der Waals surface area contributed by atoms with Crippen LogP contribution >= 0.6 is 11.6 Å². The molecule has 1 heterocycles. The Kier molecular flexibility index (Phi) is 8.57. The standard InChI is InChI=1S/C19H28ClN3O4S/c1-2-3-4-13-28(26,27)15-18(24)21-14-19(25)23-11-9-22(10-12-23)17-7-5-16(20)6-8-17/h5-8H,2-4,9-15H2,1H3,(H,21,24). The summed E-state index contributed by atoms with van der Waals surface area (Å²) in [7, 11) is -3.42. The molecular formula is C19H28ClN3O4S. The Hall–Kier alpha value is -1.80. The van der Waals surface area contributed by atoms with Gasteiger partial charge in [0.05, 0.1) is 12.3 Å². The summed E-state index contributed by atoms with van der Waals surface area (Å²) in [6.07, 6.45) is 2.30. The number of anilines is 1. The molecule has 7 nitrogen and oxygen atoms in total. The SMILES string of the molecule is CCCCCS(=O)(=O)CC(=O)NCC(=O)N1CCN(c2ccc(Cl)cc2)CC1. The van der Waals surface area contributed by atoms with E-state index in [1.807, 2.05) is 31.2 Å². The summed E-state index contributed by atoms with van der Waals surface area (Å²) in [5, 5.41) is 3.12. The van der Waals surface area contributed by atoms with E-state index >= 15 is 0 Å². The van der Waals surface area contributed by atoms with Gasteiger partial charge in [-0.2, -0.15) is 0 Å². The van der Waals surface area contributed by atoms with Crippen LogP contribution in [0, 0.1) is 0 Å². The van der Waals surface area contributed by atoms with Gasteiger partial charge in [0.15, 0.2) is 9.84 Å². The molecule has 0 spiro atoms. The molecule has 28 heavy (non-hydrogen) atoms. The van der Waals surface area contributed by atoms with E-state index in [1.54, 1.807) is 4.90 Å². The average molecular weight is 430 g/mol. The van der Waals surface area contributed by atoms with Crippen molar-refractivity contribution in [3.63, 3.8) is 0 Å². The van der Waals surface area contributed by atoms with Gasteiger partial charge in [-0.05, 0) is 30.7 Å². The number of rotatable bonds is 9. The fourth-order valence-corrected chi connectivity index (χ4v) is 4.46. The van der Waals surface area contributed by atoms with Crippen LogP contribution in [0.4, 0.5) is 5.69 Å². The molecule has 1 aliphatic heterocycles. The summed E-state index contributed by atoms with van der Waals surface area (Å²) in [6.45, 7) is 4.28. The minimum atomic E-state index is -3.42. The molecule has 9 heteroatoms. The van der Waals surface area contributed by atoms with Gasteiger partial charge >= 0.3 is 0 Å². The lowest BCUT2D eigenvalue weighted by atomic mass is 10.2. The number of nitrogens with one attached hydrogen (secondary N) is 1. The van der Waals surface area contributed by atoms with Crippen LogP contribution in [0.1, 0.15) is 26.2 Å². The zero-order chi connectivity index (χ0) is 20.6. The van der Waals surface area contributed by atoms with Crippen molar-refractivity contribution >= 4 is 38.9 Å². The van der Waals surface area contributed by atoms with Gasteiger partial charge < -0.3 is 15.1 Å². The van der Waals surface area contributed by atoms with Gasteiger partial charge in [-0.25, -0.2) is 8.42 Å². The third-order valence-corrected chi connectivity index (χ3v) is 6.54. The van der Waals surface area contributed by atoms with E-state index in [1.165, 1.54) is 0 Å². The summed E-state index contributed by atoms with van der Waals surface area (Å²) in [4.78, 5) is 28.0. The molecule has 0 unspecified atom stereocenters. The number of hydrogen-bond donors (Lipinski definition) is 1. The van der Waals surface area contributed by atoms with E-state index in [2.05, 4.69) is 10.2 Å². The van der Waals surface area contributed by atoms with Gasteiger partial charge in [0, 0.05) is 36.9 Å². The number of amides is 2. The molecule has 0 bridgehead atoms. The summed E-state index contributed by atoms with van der Waals surface area (Å²) in [5.41, 5.74) is 1.05. The quantitative estimate of drug-likeness (QED) is 0.604. The van der Waals surface area contributed by atoms with Crippen LogP contribution < -0.4 is 10.2 Å². The number of carbonyl (C=O) groups excluding carboxylic acids is 2. The number of halogens is 1. The van der Waals surface area contributed by atoms with Crippen LogP contribution in [-0.2, 0) is 19.4 Å². The second-order valence-electron chi connectivity index (χ2n) is 6.92. The van der Waals surface area contributed by atoms with E-state index in [-0.39, 0.29) is 18.2 Å². The Morgan fingerprint density at radius 1 is 1.07 bits per heavy atom. The maximum atomic E-state index is 12.3. The molecule has 2 rings (SSSR count). The molecule has 0 aromatic heterocycles. The summed E-state index contributed by atoms with van der Waals surface area (Å²) in [6, 6.07) is 7.56. The molecule has 1 aromatic carbocycles. The highest BCUT2D eigenvalue weighted by Gasteiger charge is 2.22. The second kappa shape index (κ2) is 10.7. The summed E-state index contributed by atoms with van der Waals surface area (Å²) in [5.74, 6) is -1.37. The van der Waals surface area contributed by atoms with Crippen molar-refractivity contribution in [2.24, 2.45) is 0 Å². The first-order chi connectivity index (χ1) is 13.3.